The molecule has 3 heteroatoms. The molecule has 0 spiro atoms. The van der Waals surface area contributed by atoms with E-state index in [9.17, 15) is 4.79 Å². The van der Waals surface area contributed by atoms with E-state index in [1.807, 2.05) is 11.0 Å². The number of anilines is 1. The first-order valence-corrected chi connectivity index (χ1v) is 6.39. The van der Waals surface area contributed by atoms with Crippen LogP contribution in [0.4, 0.5) is 5.69 Å². The van der Waals surface area contributed by atoms with E-state index in [4.69, 9.17) is 0 Å². The van der Waals surface area contributed by atoms with Gasteiger partial charge in [0.1, 0.15) is 0 Å². The maximum Gasteiger partial charge on any atom is 0.231 e. The van der Waals surface area contributed by atoms with E-state index in [0.29, 0.717) is 11.9 Å². The Balaban J connectivity index is 1.89. The van der Waals surface area contributed by atoms with Crippen molar-refractivity contribution in [2.24, 2.45) is 5.92 Å². The molecule has 2 unspecified atom stereocenters. The van der Waals surface area contributed by atoms with E-state index in [1.54, 1.807) is 0 Å². The third kappa shape index (κ3) is 1.75. The van der Waals surface area contributed by atoms with Gasteiger partial charge in [0.15, 0.2) is 0 Å². The smallest absolute Gasteiger partial charge is 0.231 e. The summed E-state index contributed by atoms with van der Waals surface area (Å²) in [6, 6.07) is 8.58. The molecule has 0 radical (unpaired) electrons. The van der Waals surface area contributed by atoms with Gasteiger partial charge in [-0.2, -0.15) is 0 Å². The van der Waals surface area contributed by atoms with Crippen molar-refractivity contribution in [1.29, 1.82) is 0 Å². The molecule has 3 nitrogen and oxygen atoms in total. The van der Waals surface area contributed by atoms with Crippen molar-refractivity contribution in [3.8, 4) is 0 Å². The maximum absolute atomic E-state index is 12.5. The minimum atomic E-state index is 0.170. The summed E-state index contributed by atoms with van der Waals surface area (Å²) in [6.45, 7) is 3.95. The zero-order chi connectivity index (χ0) is 11.8. The first-order valence-electron chi connectivity index (χ1n) is 6.39. The van der Waals surface area contributed by atoms with Gasteiger partial charge in [-0.3, -0.25) is 4.79 Å². The van der Waals surface area contributed by atoms with Gasteiger partial charge >= 0.3 is 0 Å². The Morgan fingerprint density at radius 1 is 1.41 bits per heavy atom. The monoisotopic (exact) mass is 230 g/mol. The molecule has 0 aromatic heterocycles. The lowest BCUT2D eigenvalue weighted by molar-refractivity contribution is -0.122. The standard InChI is InChI=1S/C14H18N2O/c1-10-8-11-4-2-3-5-13(11)16(10)14(17)12-6-7-15-9-12/h2-5,10,12,15H,6-9H2,1H3. The predicted molar refractivity (Wildman–Crippen MR) is 68.1 cm³/mol. The SMILES string of the molecule is CC1Cc2ccccc2N1C(=O)C1CCNC1. The predicted octanol–water partition coefficient (Wildman–Crippen LogP) is 1.57. The number of nitrogens with one attached hydrogen (secondary N) is 1. The molecule has 1 N–H and O–H groups in total. The van der Waals surface area contributed by atoms with Gasteiger partial charge in [-0.15, -0.1) is 0 Å². The fraction of sp³-hybridized carbons (Fsp3) is 0.500. The Labute approximate surface area is 102 Å². The molecule has 1 aromatic carbocycles. The van der Waals surface area contributed by atoms with Crippen LogP contribution in [-0.2, 0) is 11.2 Å². The van der Waals surface area contributed by atoms with Gasteiger partial charge in [0.25, 0.3) is 0 Å². The van der Waals surface area contributed by atoms with Gasteiger partial charge in [0.2, 0.25) is 5.91 Å². The van der Waals surface area contributed by atoms with E-state index in [1.165, 1.54) is 5.56 Å². The molecule has 17 heavy (non-hydrogen) atoms. The molecule has 1 amide bonds. The second-order valence-electron chi connectivity index (χ2n) is 5.08. The second kappa shape index (κ2) is 4.15. The summed E-state index contributed by atoms with van der Waals surface area (Å²) in [4.78, 5) is 14.5. The maximum atomic E-state index is 12.5. The first kappa shape index (κ1) is 10.8. The van der Waals surface area contributed by atoms with Crippen molar-refractivity contribution in [3.63, 3.8) is 0 Å². The quantitative estimate of drug-likeness (QED) is 0.794. The summed E-state index contributed by atoms with van der Waals surface area (Å²) in [5.41, 5.74) is 2.43. The van der Waals surface area contributed by atoms with Crippen molar-refractivity contribution < 1.29 is 4.79 Å². The Morgan fingerprint density at radius 2 is 2.24 bits per heavy atom. The number of rotatable bonds is 1. The van der Waals surface area contributed by atoms with Crippen LogP contribution in [0.1, 0.15) is 18.9 Å². The molecule has 2 aliphatic heterocycles. The minimum absolute atomic E-state index is 0.170. The van der Waals surface area contributed by atoms with E-state index in [-0.39, 0.29) is 5.92 Å². The Morgan fingerprint density at radius 3 is 3.00 bits per heavy atom. The van der Waals surface area contributed by atoms with Crippen molar-refractivity contribution in [2.75, 3.05) is 18.0 Å². The normalized spacial score (nSPS) is 27.2. The second-order valence-corrected chi connectivity index (χ2v) is 5.08. The third-order valence-electron chi connectivity index (χ3n) is 3.85. The summed E-state index contributed by atoms with van der Waals surface area (Å²) in [5, 5.41) is 3.27. The number of benzene rings is 1. The van der Waals surface area contributed by atoms with Crippen molar-refractivity contribution in [3.05, 3.63) is 29.8 Å². The average Bonchev–Trinajstić information content (AvgIpc) is 2.94. The van der Waals surface area contributed by atoms with Crippen LogP contribution in [-0.4, -0.2) is 25.0 Å². The van der Waals surface area contributed by atoms with Crippen LogP contribution >= 0.6 is 0 Å². The number of nitrogens with zero attached hydrogens (tertiary/aromatic N) is 1. The number of amides is 1. The van der Waals surface area contributed by atoms with Crippen LogP contribution in [0.2, 0.25) is 0 Å². The molecular formula is C14H18N2O. The first-order chi connectivity index (χ1) is 8.27. The number of fused-ring (bicyclic) bond motifs is 1. The summed E-state index contributed by atoms with van der Waals surface area (Å²) in [7, 11) is 0. The van der Waals surface area contributed by atoms with Gasteiger partial charge in [-0.1, -0.05) is 18.2 Å². The minimum Gasteiger partial charge on any atom is -0.316 e. The zero-order valence-corrected chi connectivity index (χ0v) is 10.1. The van der Waals surface area contributed by atoms with Crippen LogP contribution < -0.4 is 10.2 Å². The number of carbonyl (C=O) groups excluding carboxylic acids is 1. The number of hydrogen-bond donors (Lipinski definition) is 1. The van der Waals surface area contributed by atoms with Crippen molar-refractivity contribution in [1.82, 2.24) is 5.32 Å². The van der Waals surface area contributed by atoms with Crippen LogP contribution in [0, 0.1) is 5.92 Å². The summed E-state index contributed by atoms with van der Waals surface area (Å²) < 4.78 is 0. The Hall–Kier alpha value is -1.35. The van der Waals surface area contributed by atoms with Crippen molar-refractivity contribution in [2.45, 2.75) is 25.8 Å². The molecule has 2 atom stereocenters. The third-order valence-corrected chi connectivity index (χ3v) is 3.85. The molecule has 1 fully saturated rings. The lowest BCUT2D eigenvalue weighted by Crippen LogP contribution is -2.40. The topological polar surface area (TPSA) is 32.3 Å². The van der Waals surface area contributed by atoms with Crippen LogP contribution in [0.25, 0.3) is 0 Å². The van der Waals surface area contributed by atoms with Gasteiger partial charge in [0.05, 0.1) is 5.92 Å². The van der Waals surface area contributed by atoms with Crippen LogP contribution in [0.5, 0.6) is 0 Å². The fourth-order valence-electron chi connectivity index (χ4n) is 2.96. The molecule has 1 aromatic rings. The molecule has 90 valence electrons. The Bertz CT molecular complexity index is 438. The van der Waals surface area contributed by atoms with Crippen molar-refractivity contribution >= 4 is 11.6 Å². The zero-order valence-electron chi connectivity index (χ0n) is 10.1. The number of hydrogen-bond acceptors (Lipinski definition) is 2. The summed E-state index contributed by atoms with van der Waals surface area (Å²) >= 11 is 0. The number of para-hydroxylation sites is 1. The van der Waals surface area contributed by atoms with Gasteiger partial charge < -0.3 is 10.2 Å². The lowest BCUT2D eigenvalue weighted by atomic mass is 10.1. The molecule has 3 rings (SSSR count). The molecule has 1 saturated heterocycles. The number of carbonyl (C=O) groups is 1. The highest BCUT2D eigenvalue weighted by Crippen LogP contribution is 2.33. The van der Waals surface area contributed by atoms with E-state index in [0.717, 1.165) is 31.6 Å². The summed E-state index contributed by atoms with van der Waals surface area (Å²) in [5.74, 6) is 0.469. The molecule has 0 aliphatic carbocycles. The highest BCUT2D eigenvalue weighted by molar-refractivity contribution is 5.98. The van der Waals surface area contributed by atoms with Gasteiger partial charge in [0, 0.05) is 18.3 Å². The Kier molecular flexibility index (Phi) is 2.63. The summed E-state index contributed by atoms with van der Waals surface area (Å²) in [6.07, 6.45) is 1.96. The fourth-order valence-corrected chi connectivity index (χ4v) is 2.96. The van der Waals surface area contributed by atoms with Gasteiger partial charge in [-0.05, 0) is 37.9 Å². The van der Waals surface area contributed by atoms with E-state index >= 15 is 0 Å². The van der Waals surface area contributed by atoms with E-state index < -0.39 is 0 Å². The van der Waals surface area contributed by atoms with Crippen LogP contribution in [0.15, 0.2) is 24.3 Å². The highest BCUT2D eigenvalue weighted by Gasteiger charge is 2.35. The largest absolute Gasteiger partial charge is 0.316 e. The van der Waals surface area contributed by atoms with Crippen LogP contribution in [0.3, 0.4) is 0 Å². The van der Waals surface area contributed by atoms with E-state index in [2.05, 4.69) is 30.4 Å². The van der Waals surface area contributed by atoms with Gasteiger partial charge in [-0.25, -0.2) is 0 Å². The molecule has 0 bridgehead atoms. The molecule has 0 saturated carbocycles. The lowest BCUT2D eigenvalue weighted by Gasteiger charge is -2.25. The molecule has 2 heterocycles. The average molecular weight is 230 g/mol. The highest BCUT2D eigenvalue weighted by atomic mass is 16.2. The molecule has 2 aliphatic rings. The molecular weight excluding hydrogens is 212 g/mol.